The number of anilines is 2. The molecule has 0 bridgehead atoms. The summed E-state index contributed by atoms with van der Waals surface area (Å²) < 4.78 is 26.4. The lowest BCUT2D eigenvalue weighted by Crippen LogP contribution is -2.17. The highest BCUT2D eigenvalue weighted by atomic mass is 19.1. The SMILES string of the molecule is O=C(Nc1ccc(N2CCCC2)cc1)c1ccc(F)cc1F. The Labute approximate surface area is 127 Å². The molecule has 2 aromatic rings. The van der Waals surface area contributed by atoms with Crippen LogP contribution in [0.2, 0.25) is 0 Å². The first kappa shape index (κ1) is 14.5. The molecule has 1 saturated heterocycles. The highest BCUT2D eigenvalue weighted by molar-refractivity contribution is 6.04. The molecule has 22 heavy (non-hydrogen) atoms. The summed E-state index contributed by atoms with van der Waals surface area (Å²) >= 11 is 0. The van der Waals surface area contributed by atoms with Crippen molar-refractivity contribution in [1.82, 2.24) is 0 Å². The summed E-state index contributed by atoms with van der Waals surface area (Å²) in [6.45, 7) is 2.10. The predicted molar refractivity (Wildman–Crippen MR) is 82.2 cm³/mol. The highest BCUT2D eigenvalue weighted by Gasteiger charge is 2.14. The van der Waals surface area contributed by atoms with E-state index in [2.05, 4.69) is 10.2 Å². The van der Waals surface area contributed by atoms with Crippen LogP contribution in [0.25, 0.3) is 0 Å². The maximum atomic E-state index is 13.6. The molecule has 0 radical (unpaired) electrons. The Kier molecular flexibility index (Phi) is 4.04. The van der Waals surface area contributed by atoms with Crippen LogP contribution in [0, 0.1) is 11.6 Å². The van der Waals surface area contributed by atoms with Gasteiger partial charge >= 0.3 is 0 Å². The third kappa shape index (κ3) is 3.08. The van der Waals surface area contributed by atoms with Gasteiger partial charge in [-0.25, -0.2) is 8.78 Å². The van der Waals surface area contributed by atoms with Gasteiger partial charge in [-0.2, -0.15) is 0 Å². The average molecular weight is 302 g/mol. The Bertz CT molecular complexity index is 680. The van der Waals surface area contributed by atoms with Gasteiger partial charge in [0, 0.05) is 30.5 Å². The van der Waals surface area contributed by atoms with Crippen molar-refractivity contribution in [3.05, 3.63) is 59.7 Å². The van der Waals surface area contributed by atoms with E-state index in [1.807, 2.05) is 12.1 Å². The van der Waals surface area contributed by atoms with Crippen molar-refractivity contribution in [2.24, 2.45) is 0 Å². The smallest absolute Gasteiger partial charge is 0.258 e. The van der Waals surface area contributed by atoms with Gasteiger partial charge in [-0.05, 0) is 49.2 Å². The minimum Gasteiger partial charge on any atom is -0.372 e. The fourth-order valence-corrected chi connectivity index (χ4v) is 2.60. The Balaban J connectivity index is 1.71. The van der Waals surface area contributed by atoms with Gasteiger partial charge in [0.1, 0.15) is 11.6 Å². The second-order valence-corrected chi connectivity index (χ2v) is 5.32. The van der Waals surface area contributed by atoms with Crippen molar-refractivity contribution in [3.8, 4) is 0 Å². The second kappa shape index (κ2) is 6.13. The van der Waals surface area contributed by atoms with Crippen LogP contribution in [-0.2, 0) is 0 Å². The van der Waals surface area contributed by atoms with Gasteiger partial charge in [-0.1, -0.05) is 0 Å². The van der Waals surface area contributed by atoms with Gasteiger partial charge in [0.15, 0.2) is 0 Å². The quantitative estimate of drug-likeness (QED) is 0.935. The van der Waals surface area contributed by atoms with E-state index in [-0.39, 0.29) is 5.56 Å². The number of carbonyl (C=O) groups is 1. The topological polar surface area (TPSA) is 32.3 Å². The number of hydrogen-bond acceptors (Lipinski definition) is 2. The molecule has 5 heteroatoms. The van der Waals surface area contributed by atoms with E-state index in [0.717, 1.165) is 30.9 Å². The standard InChI is InChI=1S/C17H16F2N2O/c18-12-3-8-15(16(19)11-12)17(22)20-13-4-6-14(7-5-13)21-9-1-2-10-21/h3-8,11H,1-2,9-10H2,(H,20,22). The molecule has 0 saturated carbocycles. The zero-order valence-electron chi connectivity index (χ0n) is 12.0. The van der Waals surface area contributed by atoms with Crippen molar-refractivity contribution < 1.29 is 13.6 Å². The van der Waals surface area contributed by atoms with Crippen LogP contribution in [0.5, 0.6) is 0 Å². The Hall–Kier alpha value is -2.43. The molecule has 1 N–H and O–H groups in total. The largest absolute Gasteiger partial charge is 0.372 e. The van der Waals surface area contributed by atoms with Crippen molar-refractivity contribution >= 4 is 17.3 Å². The number of carbonyl (C=O) groups excluding carboxylic acids is 1. The molecule has 3 rings (SSSR count). The summed E-state index contributed by atoms with van der Waals surface area (Å²) in [5.41, 5.74) is 1.52. The molecule has 1 heterocycles. The summed E-state index contributed by atoms with van der Waals surface area (Å²) in [6, 6.07) is 10.3. The molecule has 114 valence electrons. The molecule has 0 aliphatic carbocycles. The van der Waals surface area contributed by atoms with E-state index in [9.17, 15) is 13.6 Å². The number of nitrogens with one attached hydrogen (secondary N) is 1. The average Bonchev–Trinajstić information content (AvgIpc) is 3.02. The van der Waals surface area contributed by atoms with Crippen molar-refractivity contribution in [3.63, 3.8) is 0 Å². The van der Waals surface area contributed by atoms with Crippen LogP contribution in [0.4, 0.5) is 20.2 Å². The number of amides is 1. The molecule has 1 aliphatic rings. The molecule has 1 fully saturated rings. The van der Waals surface area contributed by atoms with Gasteiger partial charge in [0.2, 0.25) is 0 Å². The van der Waals surface area contributed by atoms with Crippen molar-refractivity contribution in [2.45, 2.75) is 12.8 Å². The number of benzene rings is 2. The molecule has 0 unspecified atom stereocenters. The lowest BCUT2D eigenvalue weighted by molar-refractivity contribution is 0.102. The molecule has 2 aromatic carbocycles. The second-order valence-electron chi connectivity index (χ2n) is 5.32. The summed E-state index contributed by atoms with van der Waals surface area (Å²) in [4.78, 5) is 14.3. The first-order valence-electron chi connectivity index (χ1n) is 7.25. The molecule has 3 nitrogen and oxygen atoms in total. The zero-order chi connectivity index (χ0) is 15.5. The fourth-order valence-electron chi connectivity index (χ4n) is 2.60. The molecule has 0 atom stereocenters. The van der Waals surface area contributed by atoms with Gasteiger partial charge in [-0.3, -0.25) is 4.79 Å². The first-order chi connectivity index (χ1) is 10.6. The number of rotatable bonds is 3. The van der Waals surface area contributed by atoms with E-state index in [1.165, 1.54) is 12.8 Å². The maximum absolute atomic E-state index is 13.6. The van der Waals surface area contributed by atoms with E-state index >= 15 is 0 Å². The zero-order valence-corrected chi connectivity index (χ0v) is 12.0. The Morgan fingerprint density at radius 2 is 1.68 bits per heavy atom. The van der Waals surface area contributed by atoms with Crippen molar-refractivity contribution in [2.75, 3.05) is 23.3 Å². The monoisotopic (exact) mass is 302 g/mol. The molecule has 0 spiro atoms. The van der Waals surface area contributed by atoms with Crippen molar-refractivity contribution in [1.29, 1.82) is 0 Å². The summed E-state index contributed by atoms with van der Waals surface area (Å²) in [6.07, 6.45) is 2.39. The maximum Gasteiger partial charge on any atom is 0.258 e. The third-order valence-corrected chi connectivity index (χ3v) is 3.77. The third-order valence-electron chi connectivity index (χ3n) is 3.77. The highest BCUT2D eigenvalue weighted by Crippen LogP contribution is 2.22. The van der Waals surface area contributed by atoms with E-state index in [1.54, 1.807) is 12.1 Å². The predicted octanol–water partition coefficient (Wildman–Crippen LogP) is 3.82. The number of hydrogen-bond donors (Lipinski definition) is 1. The van der Waals surface area contributed by atoms with Crippen LogP contribution in [-0.4, -0.2) is 19.0 Å². The van der Waals surface area contributed by atoms with E-state index in [4.69, 9.17) is 0 Å². The Morgan fingerprint density at radius 3 is 2.32 bits per heavy atom. The van der Waals surface area contributed by atoms with Crippen LogP contribution < -0.4 is 10.2 Å². The summed E-state index contributed by atoms with van der Waals surface area (Å²) in [7, 11) is 0. The van der Waals surface area contributed by atoms with Gasteiger partial charge in [0.25, 0.3) is 5.91 Å². The molecule has 1 aliphatic heterocycles. The van der Waals surface area contributed by atoms with E-state index < -0.39 is 17.5 Å². The number of nitrogens with zero attached hydrogens (tertiary/aromatic N) is 1. The Morgan fingerprint density at radius 1 is 1.00 bits per heavy atom. The summed E-state index contributed by atoms with van der Waals surface area (Å²) in [5, 5.41) is 2.62. The molecular formula is C17H16F2N2O. The molecule has 0 aromatic heterocycles. The van der Waals surface area contributed by atoms with Gasteiger partial charge in [0.05, 0.1) is 5.56 Å². The minimum absolute atomic E-state index is 0.176. The lowest BCUT2D eigenvalue weighted by Gasteiger charge is -2.17. The molecule has 1 amide bonds. The lowest BCUT2D eigenvalue weighted by atomic mass is 10.2. The fraction of sp³-hybridized carbons (Fsp3) is 0.235. The number of halogens is 2. The van der Waals surface area contributed by atoms with Gasteiger partial charge < -0.3 is 10.2 Å². The van der Waals surface area contributed by atoms with E-state index in [0.29, 0.717) is 11.8 Å². The summed E-state index contributed by atoms with van der Waals surface area (Å²) in [5.74, 6) is -2.17. The van der Waals surface area contributed by atoms with Crippen LogP contribution in [0.1, 0.15) is 23.2 Å². The molecular weight excluding hydrogens is 286 g/mol. The van der Waals surface area contributed by atoms with Crippen LogP contribution >= 0.6 is 0 Å². The first-order valence-corrected chi connectivity index (χ1v) is 7.25. The van der Waals surface area contributed by atoms with Crippen LogP contribution in [0.15, 0.2) is 42.5 Å². The van der Waals surface area contributed by atoms with Crippen LogP contribution in [0.3, 0.4) is 0 Å². The minimum atomic E-state index is -0.869. The van der Waals surface area contributed by atoms with Gasteiger partial charge in [-0.15, -0.1) is 0 Å². The normalized spacial score (nSPS) is 14.2.